The highest BCUT2D eigenvalue weighted by molar-refractivity contribution is 5.98. The van der Waals surface area contributed by atoms with Gasteiger partial charge in [0.05, 0.1) is 30.4 Å². The van der Waals surface area contributed by atoms with E-state index in [4.69, 9.17) is 11.0 Å². The van der Waals surface area contributed by atoms with E-state index < -0.39 is 5.97 Å². The molecule has 0 spiro atoms. The van der Waals surface area contributed by atoms with Crippen molar-refractivity contribution in [3.63, 3.8) is 0 Å². The van der Waals surface area contributed by atoms with E-state index in [1.54, 1.807) is 17.1 Å². The smallest absolute Gasteiger partial charge is 0.341 e. The zero-order valence-electron chi connectivity index (χ0n) is 13.1. The largest absolute Gasteiger partial charge is 0.477 e. The third-order valence-corrected chi connectivity index (χ3v) is 4.55. The minimum atomic E-state index is -1.18. The van der Waals surface area contributed by atoms with Gasteiger partial charge in [-0.05, 0) is 18.8 Å². The Morgan fingerprint density at radius 2 is 2.21 bits per heavy atom. The van der Waals surface area contributed by atoms with Gasteiger partial charge in [0.1, 0.15) is 17.7 Å². The van der Waals surface area contributed by atoms with Crippen molar-refractivity contribution in [2.75, 3.05) is 5.73 Å². The van der Waals surface area contributed by atoms with Gasteiger partial charge in [0.25, 0.3) is 0 Å². The molecule has 0 aromatic carbocycles. The summed E-state index contributed by atoms with van der Waals surface area (Å²) in [6.07, 6.45) is 9.44. The highest BCUT2D eigenvalue weighted by Crippen LogP contribution is 2.36. The summed E-state index contributed by atoms with van der Waals surface area (Å²) in [5.74, 6) is -0.836. The number of aromatic carboxylic acids is 1. The summed E-state index contributed by atoms with van der Waals surface area (Å²) in [4.78, 5) is 19.2. The lowest BCUT2D eigenvalue weighted by atomic mass is 9.96. The summed E-state index contributed by atoms with van der Waals surface area (Å²) >= 11 is 0. The minimum absolute atomic E-state index is 0.00119. The van der Waals surface area contributed by atoms with Crippen molar-refractivity contribution in [2.45, 2.75) is 38.1 Å². The Morgan fingerprint density at radius 3 is 2.88 bits per heavy atom. The van der Waals surface area contributed by atoms with Crippen molar-refractivity contribution in [1.29, 1.82) is 5.26 Å². The summed E-state index contributed by atoms with van der Waals surface area (Å²) in [6.45, 7) is 0. The number of nitrogen functional groups attached to an aromatic ring is 1. The maximum Gasteiger partial charge on any atom is 0.341 e. The lowest BCUT2D eigenvalue weighted by Crippen LogP contribution is -2.17. The van der Waals surface area contributed by atoms with E-state index in [1.807, 2.05) is 0 Å². The minimum Gasteiger partial charge on any atom is -0.477 e. The summed E-state index contributed by atoms with van der Waals surface area (Å²) in [7, 11) is 0. The molecule has 1 aliphatic rings. The fourth-order valence-corrected chi connectivity index (χ4v) is 3.38. The van der Waals surface area contributed by atoms with Crippen molar-refractivity contribution >= 4 is 11.8 Å². The van der Waals surface area contributed by atoms with E-state index in [1.165, 1.54) is 19.2 Å². The number of nitriles is 1. The first kappa shape index (κ1) is 15.9. The van der Waals surface area contributed by atoms with Gasteiger partial charge < -0.3 is 10.8 Å². The van der Waals surface area contributed by atoms with Crippen LogP contribution in [0.1, 0.15) is 48.5 Å². The van der Waals surface area contributed by atoms with Crippen LogP contribution >= 0.6 is 0 Å². The number of carboxylic acids is 1. The van der Waals surface area contributed by atoms with Crippen molar-refractivity contribution in [1.82, 2.24) is 19.7 Å². The summed E-state index contributed by atoms with van der Waals surface area (Å²) in [5, 5.41) is 22.8. The van der Waals surface area contributed by atoms with Crippen molar-refractivity contribution < 1.29 is 9.90 Å². The molecule has 1 aliphatic carbocycles. The van der Waals surface area contributed by atoms with E-state index in [0.717, 1.165) is 12.8 Å². The number of nitrogens with zero attached hydrogens (tertiary/aromatic N) is 5. The standard InChI is InChI=1S/C16H18N6O2/c17-6-5-12(10-3-1-2-4-10)22-8-11(7-21-22)14-13(16(23)24)15(18)20-9-19-14/h7-10,12H,1-5H2,(H,23,24)(H2,18,19,20). The topological polar surface area (TPSA) is 131 Å². The molecule has 24 heavy (non-hydrogen) atoms. The average molecular weight is 326 g/mol. The number of hydrogen-bond acceptors (Lipinski definition) is 6. The molecular formula is C16H18N6O2. The SMILES string of the molecule is N#CCC(C1CCCC1)n1cc(-c2ncnc(N)c2C(=O)O)cn1. The van der Waals surface area contributed by atoms with Crippen LogP contribution in [0.4, 0.5) is 5.82 Å². The summed E-state index contributed by atoms with van der Waals surface area (Å²) < 4.78 is 1.76. The molecule has 0 aliphatic heterocycles. The van der Waals surface area contributed by atoms with Gasteiger partial charge in [-0.15, -0.1) is 0 Å². The van der Waals surface area contributed by atoms with Crippen LogP contribution in [-0.4, -0.2) is 30.8 Å². The fraction of sp³-hybridized carbons (Fsp3) is 0.438. The van der Waals surface area contributed by atoms with Gasteiger partial charge in [0.15, 0.2) is 0 Å². The van der Waals surface area contributed by atoms with Gasteiger partial charge in [-0.1, -0.05) is 12.8 Å². The number of hydrogen-bond donors (Lipinski definition) is 2. The molecule has 2 aromatic rings. The molecule has 0 bridgehead atoms. The molecule has 1 saturated carbocycles. The molecule has 124 valence electrons. The molecular weight excluding hydrogens is 308 g/mol. The zero-order valence-corrected chi connectivity index (χ0v) is 13.1. The van der Waals surface area contributed by atoms with Crippen LogP contribution in [0.25, 0.3) is 11.3 Å². The second-order valence-corrected chi connectivity index (χ2v) is 5.97. The van der Waals surface area contributed by atoms with E-state index in [-0.39, 0.29) is 23.1 Å². The molecule has 1 fully saturated rings. The molecule has 1 atom stereocenters. The Bertz CT molecular complexity index is 788. The molecule has 0 radical (unpaired) electrons. The number of nitrogens with two attached hydrogens (primary N) is 1. The summed E-state index contributed by atoms with van der Waals surface area (Å²) in [5.41, 5.74) is 6.34. The Kier molecular flexibility index (Phi) is 4.42. The lowest BCUT2D eigenvalue weighted by Gasteiger charge is -2.21. The normalized spacial score (nSPS) is 16.0. The van der Waals surface area contributed by atoms with E-state index in [9.17, 15) is 9.90 Å². The van der Waals surface area contributed by atoms with Crippen LogP contribution in [0.15, 0.2) is 18.7 Å². The Labute approximate surface area is 139 Å². The average Bonchev–Trinajstić information content (AvgIpc) is 3.24. The quantitative estimate of drug-likeness (QED) is 0.861. The second kappa shape index (κ2) is 6.66. The predicted molar refractivity (Wildman–Crippen MR) is 85.8 cm³/mol. The maximum atomic E-state index is 11.4. The van der Waals surface area contributed by atoms with Gasteiger partial charge >= 0.3 is 5.97 Å². The maximum absolute atomic E-state index is 11.4. The number of rotatable bonds is 5. The molecule has 0 amide bonds. The third-order valence-electron chi connectivity index (χ3n) is 4.55. The highest BCUT2D eigenvalue weighted by atomic mass is 16.4. The number of carbonyl (C=O) groups is 1. The van der Waals surface area contributed by atoms with Crippen LogP contribution in [0, 0.1) is 17.2 Å². The fourth-order valence-electron chi connectivity index (χ4n) is 3.38. The van der Waals surface area contributed by atoms with Crippen LogP contribution in [0.3, 0.4) is 0 Å². The van der Waals surface area contributed by atoms with Crippen molar-refractivity contribution in [3.8, 4) is 17.3 Å². The Hall–Kier alpha value is -2.95. The van der Waals surface area contributed by atoms with Crippen LogP contribution in [-0.2, 0) is 0 Å². The molecule has 3 N–H and O–H groups in total. The molecule has 8 nitrogen and oxygen atoms in total. The van der Waals surface area contributed by atoms with E-state index in [0.29, 0.717) is 17.9 Å². The van der Waals surface area contributed by atoms with E-state index >= 15 is 0 Å². The molecule has 8 heteroatoms. The number of aromatic nitrogens is 4. The lowest BCUT2D eigenvalue weighted by molar-refractivity contribution is 0.0698. The van der Waals surface area contributed by atoms with Crippen LogP contribution < -0.4 is 5.73 Å². The van der Waals surface area contributed by atoms with Crippen molar-refractivity contribution in [2.24, 2.45) is 5.92 Å². The van der Waals surface area contributed by atoms with Gasteiger partial charge in [-0.3, -0.25) is 4.68 Å². The predicted octanol–water partition coefficient (Wildman–Crippen LogP) is 2.27. The first-order valence-corrected chi connectivity index (χ1v) is 7.87. The first-order chi connectivity index (χ1) is 11.6. The Balaban J connectivity index is 1.97. The molecule has 1 unspecified atom stereocenters. The molecule has 3 rings (SSSR count). The summed E-state index contributed by atoms with van der Waals surface area (Å²) in [6, 6.07) is 2.23. The number of anilines is 1. The van der Waals surface area contributed by atoms with Gasteiger partial charge in [-0.2, -0.15) is 10.4 Å². The zero-order chi connectivity index (χ0) is 17.1. The first-order valence-electron chi connectivity index (χ1n) is 7.87. The van der Waals surface area contributed by atoms with Gasteiger partial charge in [-0.25, -0.2) is 14.8 Å². The molecule has 0 saturated heterocycles. The van der Waals surface area contributed by atoms with Gasteiger partial charge in [0.2, 0.25) is 0 Å². The third kappa shape index (κ3) is 2.93. The second-order valence-electron chi connectivity index (χ2n) is 5.97. The van der Waals surface area contributed by atoms with Gasteiger partial charge in [0, 0.05) is 11.8 Å². The molecule has 2 heterocycles. The van der Waals surface area contributed by atoms with Crippen LogP contribution in [0.5, 0.6) is 0 Å². The monoisotopic (exact) mass is 326 g/mol. The Morgan fingerprint density at radius 1 is 1.46 bits per heavy atom. The molecule has 2 aromatic heterocycles. The van der Waals surface area contributed by atoms with Crippen LogP contribution in [0.2, 0.25) is 0 Å². The van der Waals surface area contributed by atoms with Crippen molar-refractivity contribution in [3.05, 3.63) is 24.3 Å². The van der Waals surface area contributed by atoms with E-state index in [2.05, 4.69) is 21.1 Å². The highest BCUT2D eigenvalue weighted by Gasteiger charge is 2.27. The number of carboxylic acid groups (broad SMARTS) is 1.